The van der Waals surface area contributed by atoms with Crippen molar-refractivity contribution in [3.05, 3.63) is 34.7 Å². The zero-order chi connectivity index (χ0) is 12.3. The molecule has 0 saturated heterocycles. The van der Waals surface area contributed by atoms with Crippen LogP contribution in [0.15, 0.2) is 23.6 Å². The summed E-state index contributed by atoms with van der Waals surface area (Å²) >= 11 is 1.78. The summed E-state index contributed by atoms with van der Waals surface area (Å²) in [6.45, 7) is 2.17. The number of hydrogen-bond donors (Lipinski definition) is 1. The van der Waals surface area contributed by atoms with Crippen LogP contribution in [-0.4, -0.2) is 5.91 Å². The molecule has 1 aromatic carbocycles. The lowest BCUT2D eigenvalue weighted by Gasteiger charge is -2.01. The third-order valence-electron chi connectivity index (χ3n) is 3.00. The van der Waals surface area contributed by atoms with Gasteiger partial charge >= 0.3 is 0 Å². The van der Waals surface area contributed by atoms with Crippen molar-refractivity contribution in [2.75, 3.05) is 0 Å². The van der Waals surface area contributed by atoms with Crippen molar-refractivity contribution in [1.82, 2.24) is 0 Å². The normalized spacial score (nSPS) is 10.9. The summed E-state index contributed by atoms with van der Waals surface area (Å²) in [7, 11) is 0. The van der Waals surface area contributed by atoms with Crippen molar-refractivity contribution in [3.63, 3.8) is 0 Å². The molecule has 0 unspecified atom stereocenters. The fourth-order valence-electron chi connectivity index (χ4n) is 2.00. The van der Waals surface area contributed by atoms with Crippen LogP contribution >= 0.6 is 11.3 Å². The number of rotatable bonds is 5. The van der Waals surface area contributed by atoms with Gasteiger partial charge < -0.3 is 5.73 Å². The Morgan fingerprint density at radius 1 is 1.41 bits per heavy atom. The van der Waals surface area contributed by atoms with Crippen LogP contribution in [0.4, 0.5) is 0 Å². The highest BCUT2D eigenvalue weighted by Gasteiger charge is 2.05. The molecule has 1 aromatic heterocycles. The van der Waals surface area contributed by atoms with Crippen molar-refractivity contribution < 1.29 is 4.79 Å². The average molecular weight is 247 g/mol. The maximum absolute atomic E-state index is 10.7. The van der Waals surface area contributed by atoms with E-state index in [1.165, 1.54) is 21.2 Å². The summed E-state index contributed by atoms with van der Waals surface area (Å²) in [5, 5.41) is 3.55. The Morgan fingerprint density at radius 3 is 2.94 bits per heavy atom. The van der Waals surface area contributed by atoms with E-state index in [-0.39, 0.29) is 5.91 Å². The second kappa shape index (κ2) is 5.32. The van der Waals surface area contributed by atoms with Gasteiger partial charge in [-0.3, -0.25) is 4.79 Å². The van der Waals surface area contributed by atoms with Crippen LogP contribution in [-0.2, 0) is 17.6 Å². The summed E-state index contributed by atoms with van der Waals surface area (Å²) in [5.74, 6) is -0.209. The van der Waals surface area contributed by atoms with E-state index < -0.39 is 0 Å². The van der Waals surface area contributed by atoms with Gasteiger partial charge in [0.15, 0.2) is 0 Å². The molecule has 2 rings (SSSR count). The number of carbonyl (C=O) groups is 1. The van der Waals surface area contributed by atoms with Gasteiger partial charge in [-0.15, -0.1) is 11.3 Å². The molecular weight excluding hydrogens is 230 g/mol. The van der Waals surface area contributed by atoms with Crippen LogP contribution in [0.25, 0.3) is 10.1 Å². The SMILES string of the molecule is CCc1ccc2scc(CCCC(N)=O)c2c1. The maximum atomic E-state index is 10.7. The van der Waals surface area contributed by atoms with Gasteiger partial charge in [-0.25, -0.2) is 0 Å². The number of thiophene rings is 1. The minimum Gasteiger partial charge on any atom is -0.370 e. The molecule has 2 aromatic rings. The molecule has 0 aliphatic carbocycles. The number of carbonyl (C=O) groups excluding carboxylic acids is 1. The smallest absolute Gasteiger partial charge is 0.217 e. The van der Waals surface area contributed by atoms with Gasteiger partial charge in [-0.2, -0.15) is 0 Å². The number of nitrogens with two attached hydrogens (primary N) is 1. The molecule has 0 aliphatic rings. The molecule has 2 nitrogen and oxygen atoms in total. The van der Waals surface area contributed by atoms with Crippen LogP contribution in [0.3, 0.4) is 0 Å². The molecule has 17 heavy (non-hydrogen) atoms. The highest BCUT2D eigenvalue weighted by atomic mass is 32.1. The molecule has 3 heteroatoms. The van der Waals surface area contributed by atoms with E-state index in [1.54, 1.807) is 11.3 Å². The van der Waals surface area contributed by atoms with E-state index in [0.717, 1.165) is 19.3 Å². The fourth-order valence-corrected chi connectivity index (χ4v) is 2.97. The van der Waals surface area contributed by atoms with Gasteiger partial charge in [0.25, 0.3) is 0 Å². The van der Waals surface area contributed by atoms with E-state index >= 15 is 0 Å². The largest absolute Gasteiger partial charge is 0.370 e. The first-order chi connectivity index (χ1) is 8.20. The molecule has 0 aliphatic heterocycles. The molecule has 90 valence electrons. The summed E-state index contributed by atoms with van der Waals surface area (Å²) in [6, 6.07) is 6.65. The second-order valence-electron chi connectivity index (χ2n) is 4.26. The van der Waals surface area contributed by atoms with Crippen LogP contribution in [0.5, 0.6) is 0 Å². The van der Waals surface area contributed by atoms with E-state index in [1.807, 2.05) is 0 Å². The van der Waals surface area contributed by atoms with Crippen LogP contribution in [0.2, 0.25) is 0 Å². The highest BCUT2D eigenvalue weighted by Crippen LogP contribution is 2.28. The molecule has 1 heterocycles. The van der Waals surface area contributed by atoms with E-state index in [9.17, 15) is 4.79 Å². The Balaban J connectivity index is 2.19. The Morgan fingerprint density at radius 2 is 2.24 bits per heavy atom. The first-order valence-corrected chi connectivity index (χ1v) is 6.86. The van der Waals surface area contributed by atoms with E-state index in [4.69, 9.17) is 5.73 Å². The second-order valence-corrected chi connectivity index (χ2v) is 5.18. The minimum absolute atomic E-state index is 0.209. The lowest BCUT2D eigenvalue weighted by molar-refractivity contribution is -0.118. The zero-order valence-electron chi connectivity index (χ0n) is 10.0. The van der Waals surface area contributed by atoms with Crippen LogP contribution < -0.4 is 5.73 Å². The maximum Gasteiger partial charge on any atom is 0.217 e. The predicted molar refractivity (Wildman–Crippen MR) is 73.3 cm³/mol. The summed E-state index contributed by atoms with van der Waals surface area (Å²) in [5.41, 5.74) is 7.87. The lowest BCUT2D eigenvalue weighted by Crippen LogP contribution is -2.10. The molecule has 0 saturated carbocycles. The molecular formula is C14H17NOS. The van der Waals surface area contributed by atoms with Crippen molar-refractivity contribution in [2.45, 2.75) is 32.6 Å². The quantitative estimate of drug-likeness (QED) is 0.865. The van der Waals surface area contributed by atoms with Gasteiger partial charge in [0.2, 0.25) is 5.91 Å². The summed E-state index contributed by atoms with van der Waals surface area (Å²) in [6.07, 6.45) is 3.32. The van der Waals surface area contributed by atoms with Crippen molar-refractivity contribution in [2.24, 2.45) is 5.73 Å². The van der Waals surface area contributed by atoms with Gasteiger partial charge in [-0.05, 0) is 47.2 Å². The molecule has 0 fully saturated rings. The number of benzene rings is 1. The van der Waals surface area contributed by atoms with Gasteiger partial charge in [0, 0.05) is 11.1 Å². The van der Waals surface area contributed by atoms with Crippen molar-refractivity contribution in [1.29, 1.82) is 0 Å². The Kier molecular flexibility index (Phi) is 3.79. The third-order valence-corrected chi connectivity index (χ3v) is 4.01. The van der Waals surface area contributed by atoms with Crippen LogP contribution in [0.1, 0.15) is 30.9 Å². The molecule has 0 radical (unpaired) electrons. The molecule has 0 spiro atoms. The van der Waals surface area contributed by atoms with Crippen LogP contribution in [0, 0.1) is 0 Å². The monoisotopic (exact) mass is 247 g/mol. The molecule has 0 bridgehead atoms. The summed E-state index contributed by atoms with van der Waals surface area (Å²) < 4.78 is 1.33. The molecule has 0 atom stereocenters. The topological polar surface area (TPSA) is 43.1 Å². The average Bonchev–Trinajstić information content (AvgIpc) is 2.71. The van der Waals surface area contributed by atoms with E-state index in [2.05, 4.69) is 30.5 Å². The highest BCUT2D eigenvalue weighted by molar-refractivity contribution is 7.17. The Hall–Kier alpha value is -1.35. The van der Waals surface area contributed by atoms with Gasteiger partial charge in [-0.1, -0.05) is 19.1 Å². The number of hydrogen-bond acceptors (Lipinski definition) is 2. The first-order valence-electron chi connectivity index (χ1n) is 5.98. The zero-order valence-corrected chi connectivity index (χ0v) is 10.8. The lowest BCUT2D eigenvalue weighted by atomic mass is 10.0. The third kappa shape index (κ3) is 2.86. The number of aryl methyl sites for hydroxylation is 2. The fraction of sp³-hybridized carbons (Fsp3) is 0.357. The van der Waals surface area contributed by atoms with Gasteiger partial charge in [0.1, 0.15) is 0 Å². The van der Waals surface area contributed by atoms with Crippen molar-refractivity contribution >= 4 is 27.3 Å². The predicted octanol–water partition coefficient (Wildman–Crippen LogP) is 3.27. The van der Waals surface area contributed by atoms with E-state index in [0.29, 0.717) is 6.42 Å². The Labute approximate surface area is 105 Å². The molecule has 2 N–H and O–H groups in total. The summed E-state index contributed by atoms with van der Waals surface area (Å²) in [4.78, 5) is 10.7. The number of primary amides is 1. The van der Waals surface area contributed by atoms with Gasteiger partial charge in [0.05, 0.1) is 0 Å². The number of amides is 1. The number of fused-ring (bicyclic) bond motifs is 1. The standard InChI is InChI=1S/C14H17NOS/c1-2-10-6-7-13-12(8-10)11(9-17-13)4-3-5-14(15)16/h6-9H,2-5H2,1H3,(H2,15,16). The first kappa shape index (κ1) is 12.1. The minimum atomic E-state index is -0.209. The Bertz CT molecular complexity index is 530. The van der Waals surface area contributed by atoms with Crippen molar-refractivity contribution in [3.8, 4) is 0 Å². The molecule has 1 amide bonds.